The minimum atomic E-state index is -1.28. The van der Waals surface area contributed by atoms with Crippen molar-refractivity contribution in [3.8, 4) is 11.5 Å². The molecule has 0 unspecified atom stereocenters. The average Bonchev–Trinajstić information content (AvgIpc) is 3.72. The summed E-state index contributed by atoms with van der Waals surface area (Å²) in [6.07, 6.45) is 3.25. The van der Waals surface area contributed by atoms with Crippen LogP contribution in [-0.2, 0) is 40.8 Å². The van der Waals surface area contributed by atoms with Crippen LogP contribution in [0.1, 0.15) is 21.9 Å². The van der Waals surface area contributed by atoms with E-state index in [0.717, 1.165) is 69.3 Å². The van der Waals surface area contributed by atoms with Crippen molar-refractivity contribution in [1.29, 1.82) is 0 Å². The Bertz CT molecular complexity index is 1740. The highest BCUT2D eigenvalue weighted by Gasteiger charge is 2.33. The van der Waals surface area contributed by atoms with Gasteiger partial charge in [0.15, 0.2) is 5.82 Å². The number of morpholine rings is 1. The van der Waals surface area contributed by atoms with E-state index in [2.05, 4.69) is 86.8 Å². The molecule has 0 saturated carbocycles. The summed E-state index contributed by atoms with van der Waals surface area (Å²) in [6, 6.07) is 8.33. The fraction of sp³-hybridized carbons (Fsp3) is 0.545. The molecule has 0 radical (unpaired) electrons. The molecular formula is C33H47BrN8O4Si2. The molecule has 12 nitrogen and oxygen atoms in total. The van der Waals surface area contributed by atoms with Gasteiger partial charge in [0.05, 0.1) is 55.6 Å². The fourth-order valence-corrected chi connectivity index (χ4v) is 7.61. The van der Waals surface area contributed by atoms with Gasteiger partial charge in [-0.05, 0) is 30.3 Å². The number of nitrogens with zero attached hydrogens (tertiary/aromatic N) is 8. The van der Waals surface area contributed by atoms with E-state index in [9.17, 15) is 4.79 Å². The van der Waals surface area contributed by atoms with Crippen LogP contribution in [0.25, 0.3) is 22.4 Å². The number of hydrogen-bond acceptors (Lipinski definition) is 9. The zero-order chi connectivity index (χ0) is 34.1. The molecule has 2 aliphatic heterocycles. The first-order chi connectivity index (χ1) is 22.9. The van der Waals surface area contributed by atoms with Gasteiger partial charge in [0.1, 0.15) is 30.7 Å². The van der Waals surface area contributed by atoms with Crippen molar-refractivity contribution < 1.29 is 19.0 Å². The molecule has 0 bridgehead atoms. The number of fused-ring (bicyclic) bond motifs is 2. The number of halogens is 1. The van der Waals surface area contributed by atoms with Gasteiger partial charge in [0, 0.05) is 52.3 Å². The van der Waals surface area contributed by atoms with Crippen LogP contribution in [0.3, 0.4) is 0 Å². The van der Waals surface area contributed by atoms with E-state index in [0.29, 0.717) is 58.7 Å². The molecule has 0 N–H and O–H groups in total. The number of benzene rings is 1. The Labute approximate surface area is 292 Å². The molecule has 15 heteroatoms. The Balaban J connectivity index is 1.26. The predicted molar refractivity (Wildman–Crippen MR) is 196 cm³/mol. The van der Waals surface area contributed by atoms with Crippen LogP contribution in [-0.4, -0.2) is 95.8 Å². The summed E-state index contributed by atoms with van der Waals surface area (Å²) in [5.41, 5.74) is 3.86. The Hall–Kier alpha value is -2.96. The minimum absolute atomic E-state index is 0.170. The zero-order valence-corrected chi connectivity index (χ0v) is 32.5. The molecule has 1 saturated heterocycles. The van der Waals surface area contributed by atoms with Gasteiger partial charge >= 0.3 is 0 Å². The maximum absolute atomic E-state index is 13.6. The molecule has 48 heavy (non-hydrogen) atoms. The number of hydrogen-bond donors (Lipinski definition) is 0. The standard InChI is InChI=1S/C33H47BrN8O4Si2/c1-47(2,3)15-13-45-22-41-29-21-40(33(43)26-18-36-30(19-35-26)39-9-11-44-12-10-39)20-27(29)37-32(41)31-25-8-7-24(34)17-28(25)42(38-31)23-46-14-16-48(4,5)6/h7-8,17-19H,9-16,20-23H2,1-6H3. The lowest BCUT2D eigenvalue weighted by Gasteiger charge is -2.27. The average molecular weight is 756 g/mol. The summed E-state index contributed by atoms with van der Waals surface area (Å²) in [7, 11) is -2.50. The lowest BCUT2D eigenvalue weighted by atomic mass is 10.2. The van der Waals surface area contributed by atoms with Gasteiger partial charge in [-0.25, -0.2) is 19.6 Å². The highest BCUT2D eigenvalue weighted by atomic mass is 79.9. The molecule has 0 aliphatic carbocycles. The van der Waals surface area contributed by atoms with Crippen molar-refractivity contribution >= 4 is 54.7 Å². The number of amides is 1. The van der Waals surface area contributed by atoms with E-state index in [1.165, 1.54) is 0 Å². The van der Waals surface area contributed by atoms with Gasteiger partial charge in [-0.15, -0.1) is 0 Å². The first kappa shape index (κ1) is 34.9. The quantitative estimate of drug-likeness (QED) is 0.119. The Morgan fingerprint density at radius 1 is 0.938 bits per heavy atom. The third kappa shape index (κ3) is 8.25. The second-order valence-electron chi connectivity index (χ2n) is 15.0. The van der Waals surface area contributed by atoms with Crippen molar-refractivity contribution in [2.45, 2.75) is 77.9 Å². The number of imidazole rings is 1. The van der Waals surface area contributed by atoms with Crippen LogP contribution < -0.4 is 4.90 Å². The molecule has 5 heterocycles. The number of carbonyl (C=O) groups excluding carboxylic acids is 1. The number of carbonyl (C=O) groups is 1. The van der Waals surface area contributed by atoms with Crippen LogP contribution in [0.5, 0.6) is 0 Å². The zero-order valence-electron chi connectivity index (χ0n) is 29.0. The molecule has 3 aromatic heterocycles. The van der Waals surface area contributed by atoms with Crippen LogP contribution in [0.15, 0.2) is 35.1 Å². The summed E-state index contributed by atoms with van der Waals surface area (Å²) in [5.74, 6) is 1.33. The van der Waals surface area contributed by atoms with E-state index in [1.807, 2.05) is 10.7 Å². The Morgan fingerprint density at radius 2 is 1.65 bits per heavy atom. The predicted octanol–water partition coefficient (Wildman–Crippen LogP) is 6.07. The van der Waals surface area contributed by atoms with Gasteiger partial charge in [-0.3, -0.25) is 4.79 Å². The molecule has 1 aromatic carbocycles. The van der Waals surface area contributed by atoms with Gasteiger partial charge in [0.2, 0.25) is 0 Å². The maximum atomic E-state index is 13.6. The molecule has 4 aromatic rings. The Morgan fingerprint density at radius 3 is 2.31 bits per heavy atom. The molecule has 0 spiro atoms. The van der Waals surface area contributed by atoms with E-state index in [1.54, 1.807) is 17.3 Å². The topological polar surface area (TPSA) is 113 Å². The molecule has 0 atom stereocenters. The fourth-order valence-electron chi connectivity index (χ4n) is 5.74. The highest BCUT2D eigenvalue weighted by Crippen LogP contribution is 2.34. The summed E-state index contributed by atoms with van der Waals surface area (Å²) in [6.45, 7) is 19.8. The third-order valence-electron chi connectivity index (χ3n) is 8.67. The minimum Gasteiger partial charge on any atom is -0.378 e. The summed E-state index contributed by atoms with van der Waals surface area (Å²) in [5, 5.41) is 6.05. The molecule has 2 aliphatic rings. The van der Waals surface area contributed by atoms with E-state index in [4.69, 9.17) is 24.3 Å². The van der Waals surface area contributed by atoms with E-state index >= 15 is 0 Å². The first-order valence-electron chi connectivity index (χ1n) is 16.7. The van der Waals surface area contributed by atoms with Crippen LogP contribution in [0, 0.1) is 0 Å². The second-order valence-corrected chi connectivity index (χ2v) is 27.1. The number of anilines is 1. The lowest BCUT2D eigenvalue weighted by Crippen LogP contribution is -2.37. The molecule has 1 amide bonds. The first-order valence-corrected chi connectivity index (χ1v) is 24.9. The maximum Gasteiger partial charge on any atom is 0.274 e. The molecule has 6 rings (SSSR count). The van der Waals surface area contributed by atoms with E-state index < -0.39 is 16.1 Å². The number of rotatable bonds is 13. The lowest BCUT2D eigenvalue weighted by molar-refractivity contribution is 0.0717. The third-order valence-corrected chi connectivity index (χ3v) is 12.6. The number of aromatic nitrogens is 6. The summed E-state index contributed by atoms with van der Waals surface area (Å²) < 4.78 is 22.9. The second kappa shape index (κ2) is 14.5. The van der Waals surface area contributed by atoms with Crippen molar-refractivity contribution in [1.82, 2.24) is 34.2 Å². The normalized spacial score (nSPS) is 15.5. The largest absolute Gasteiger partial charge is 0.378 e. The van der Waals surface area contributed by atoms with Gasteiger partial charge in [-0.1, -0.05) is 55.2 Å². The molecular weight excluding hydrogens is 708 g/mol. The van der Waals surface area contributed by atoms with Crippen molar-refractivity contribution in [3.63, 3.8) is 0 Å². The van der Waals surface area contributed by atoms with Gasteiger partial charge in [-0.2, -0.15) is 5.10 Å². The monoisotopic (exact) mass is 754 g/mol. The number of ether oxygens (including phenoxy) is 3. The molecule has 1 fully saturated rings. The Kier molecular flexibility index (Phi) is 10.5. The van der Waals surface area contributed by atoms with Gasteiger partial charge in [0.25, 0.3) is 5.91 Å². The van der Waals surface area contributed by atoms with Gasteiger partial charge < -0.3 is 28.6 Å². The SMILES string of the molecule is C[Si](C)(C)CCOCn1c(-c2nn(COCC[Si](C)(C)C)c3cc(Br)ccc23)nc2c1CN(C(=O)c1cnc(N3CCOCC3)cn1)C2. The van der Waals surface area contributed by atoms with Crippen LogP contribution in [0.2, 0.25) is 51.4 Å². The van der Waals surface area contributed by atoms with Crippen molar-refractivity contribution in [2.24, 2.45) is 0 Å². The van der Waals surface area contributed by atoms with E-state index in [-0.39, 0.29) is 5.91 Å². The van der Waals surface area contributed by atoms with Crippen molar-refractivity contribution in [3.05, 3.63) is 52.1 Å². The van der Waals surface area contributed by atoms with Crippen molar-refractivity contribution in [2.75, 3.05) is 44.4 Å². The highest BCUT2D eigenvalue weighted by molar-refractivity contribution is 9.10. The molecule has 258 valence electrons. The summed E-state index contributed by atoms with van der Waals surface area (Å²) in [4.78, 5) is 31.7. The van der Waals surface area contributed by atoms with Crippen LogP contribution >= 0.6 is 15.9 Å². The smallest absolute Gasteiger partial charge is 0.274 e. The van der Waals surface area contributed by atoms with Crippen LogP contribution in [0.4, 0.5) is 5.82 Å². The summed E-state index contributed by atoms with van der Waals surface area (Å²) >= 11 is 3.64.